The summed E-state index contributed by atoms with van der Waals surface area (Å²) in [5.74, 6) is 0.0741. The second kappa shape index (κ2) is 5.77. The summed E-state index contributed by atoms with van der Waals surface area (Å²) < 4.78 is 5.10. The molecular formula is C13H18N2O3S. The number of aliphatic imine (C=N–C) groups is 1. The van der Waals surface area contributed by atoms with Gasteiger partial charge in [-0.15, -0.1) is 0 Å². The molecule has 1 amide bonds. The third-order valence-corrected chi connectivity index (χ3v) is 4.09. The maximum atomic E-state index is 12.1. The van der Waals surface area contributed by atoms with Crippen LogP contribution in [0.3, 0.4) is 0 Å². The predicted octanol–water partition coefficient (Wildman–Crippen LogP) is 1.94. The summed E-state index contributed by atoms with van der Waals surface area (Å²) in [6, 6.07) is -0.223. The van der Waals surface area contributed by atoms with Gasteiger partial charge in [-0.1, -0.05) is 25.1 Å². The molecule has 0 aromatic carbocycles. The number of carbonyl (C=O) groups is 2. The molecule has 2 rings (SSSR count). The van der Waals surface area contributed by atoms with E-state index in [-0.39, 0.29) is 17.9 Å². The first-order valence-electron chi connectivity index (χ1n) is 6.51. The Morgan fingerprint density at radius 3 is 2.89 bits per heavy atom. The zero-order valence-corrected chi connectivity index (χ0v) is 12.2. The number of allylic oxidation sites excluding steroid dienone is 1. The highest BCUT2D eigenvalue weighted by Crippen LogP contribution is 2.34. The second-order valence-corrected chi connectivity index (χ2v) is 5.41. The number of rotatable bonds is 4. The standard InChI is InChI=1S/C13H18N2O3S/c1-4-6-9-11(12(17)18-5-2)8(3)14-13-15(9)10(16)7-19-13/h9H,4-7H2,1-3H3/t9-/m0/s1. The summed E-state index contributed by atoms with van der Waals surface area (Å²) >= 11 is 1.43. The number of esters is 1. The first-order chi connectivity index (χ1) is 9.10. The van der Waals surface area contributed by atoms with Crippen LogP contribution in [0, 0.1) is 0 Å². The van der Waals surface area contributed by atoms with Crippen LogP contribution in [0.5, 0.6) is 0 Å². The van der Waals surface area contributed by atoms with Gasteiger partial charge >= 0.3 is 5.97 Å². The molecule has 0 unspecified atom stereocenters. The lowest BCUT2D eigenvalue weighted by Gasteiger charge is -2.32. The van der Waals surface area contributed by atoms with E-state index in [1.807, 2.05) is 13.8 Å². The highest BCUT2D eigenvalue weighted by atomic mass is 32.2. The van der Waals surface area contributed by atoms with Crippen LogP contribution in [0.15, 0.2) is 16.3 Å². The molecule has 0 bridgehead atoms. The van der Waals surface area contributed by atoms with Crippen molar-refractivity contribution >= 4 is 28.8 Å². The monoisotopic (exact) mass is 282 g/mol. The highest BCUT2D eigenvalue weighted by Gasteiger charge is 2.41. The van der Waals surface area contributed by atoms with Crippen LogP contribution >= 0.6 is 11.8 Å². The third-order valence-electron chi connectivity index (χ3n) is 3.16. The molecule has 2 aliphatic heterocycles. The van der Waals surface area contributed by atoms with Crippen molar-refractivity contribution in [3.63, 3.8) is 0 Å². The number of hydrogen-bond acceptors (Lipinski definition) is 5. The van der Waals surface area contributed by atoms with Crippen LogP contribution < -0.4 is 0 Å². The minimum atomic E-state index is -0.356. The Morgan fingerprint density at radius 2 is 2.26 bits per heavy atom. The molecule has 0 spiro atoms. The maximum Gasteiger partial charge on any atom is 0.337 e. The molecule has 104 valence electrons. The van der Waals surface area contributed by atoms with Crippen molar-refractivity contribution in [3.05, 3.63) is 11.3 Å². The van der Waals surface area contributed by atoms with E-state index >= 15 is 0 Å². The van der Waals surface area contributed by atoms with E-state index in [1.54, 1.807) is 11.8 Å². The molecule has 5 nitrogen and oxygen atoms in total. The van der Waals surface area contributed by atoms with Gasteiger partial charge in [-0.2, -0.15) is 0 Å². The third kappa shape index (κ3) is 2.54. The minimum Gasteiger partial charge on any atom is -0.463 e. The highest BCUT2D eigenvalue weighted by molar-refractivity contribution is 8.15. The number of carbonyl (C=O) groups excluding carboxylic acids is 2. The molecular weight excluding hydrogens is 264 g/mol. The van der Waals surface area contributed by atoms with Crippen molar-refractivity contribution in [1.82, 2.24) is 4.90 Å². The first kappa shape index (κ1) is 14.1. The minimum absolute atomic E-state index is 0.0245. The zero-order chi connectivity index (χ0) is 14.0. The lowest BCUT2D eigenvalue weighted by molar-refractivity contribution is -0.139. The Kier molecular flexibility index (Phi) is 4.29. The number of nitrogens with zero attached hydrogens (tertiary/aromatic N) is 2. The summed E-state index contributed by atoms with van der Waals surface area (Å²) in [5, 5.41) is 0.717. The van der Waals surface area contributed by atoms with E-state index in [0.29, 0.717) is 28.8 Å². The molecule has 2 heterocycles. The topological polar surface area (TPSA) is 59.0 Å². The van der Waals surface area contributed by atoms with Gasteiger partial charge in [0.15, 0.2) is 5.17 Å². The summed E-state index contributed by atoms with van der Waals surface area (Å²) in [6.07, 6.45) is 1.64. The molecule has 0 saturated carbocycles. The number of ether oxygens (including phenoxy) is 1. The van der Waals surface area contributed by atoms with Crippen molar-refractivity contribution in [2.45, 2.75) is 39.7 Å². The first-order valence-corrected chi connectivity index (χ1v) is 7.50. The quantitative estimate of drug-likeness (QED) is 0.739. The van der Waals surface area contributed by atoms with Gasteiger partial charge in [0.25, 0.3) is 0 Å². The number of hydrogen-bond donors (Lipinski definition) is 0. The lowest BCUT2D eigenvalue weighted by atomic mass is 9.98. The molecule has 0 aromatic rings. The summed E-state index contributed by atoms with van der Waals surface area (Å²) in [6.45, 7) is 5.95. The normalized spacial score (nSPS) is 22.5. The van der Waals surface area contributed by atoms with Gasteiger partial charge in [-0.05, 0) is 20.3 Å². The van der Waals surface area contributed by atoms with Gasteiger partial charge in [0, 0.05) is 0 Å². The fourth-order valence-electron chi connectivity index (χ4n) is 2.38. The molecule has 0 N–H and O–H groups in total. The van der Waals surface area contributed by atoms with Crippen LogP contribution in [0.4, 0.5) is 0 Å². The van der Waals surface area contributed by atoms with E-state index in [2.05, 4.69) is 4.99 Å². The molecule has 1 atom stereocenters. The van der Waals surface area contributed by atoms with E-state index < -0.39 is 0 Å². The molecule has 0 aromatic heterocycles. The second-order valence-electron chi connectivity index (χ2n) is 4.47. The summed E-state index contributed by atoms with van der Waals surface area (Å²) in [5.41, 5.74) is 1.20. The largest absolute Gasteiger partial charge is 0.463 e. The van der Waals surface area contributed by atoms with Crippen molar-refractivity contribution in [1.29, 1.82) is 0 Å². The Morgan fingerprint density at radius 1 is 1.53 bits per heavy atom. The SMILES string of the molecule is CCC[C@H]1C(C(=O)OCC)=C(C)N=C2SCC(=O)N21. The molecule has 0 radical (unpaired) electrons. The molecule has 1 saturated heterocycles. The van der Waals surface area contributed by atoms with Gasteiger partial charge in [-0.3, -0.25) is 9.69 Å². The average molecular weight is 282 g/mol. The van der Waals surface area contributed by atoms with E-state index in [1.165, 1.54) is 11.8 Å². The molecule has 19 heavy (non-hydrogen) atoms. The maximum absolute atomic E-state index is 12.1. The van der Waals surface area contributed by atoms with Crippen molar-refractivity contribution in [2.75, 3.05) is 12.4 Å². The Balaban J connectivity index is 2.39. The van der Waals surface area contributed by atoms with Crippen LogP contribution in [0.2, 0.25) is 0 Å². The fourth-order valence-corrected chi connectivity index (χ4v) is 3.34. The zero-order valence-electron chi connectivity index (χ0n) is 11.4. The molecule has 0 aliphatic carbocycles. The van der Waals surface area contributed by atoms with Crippen molar-refractivity contribution < 1.29 is 14.3 Å². The van der Waals surface area contributed by atoms with Gasteiger partial charge < -0.3 is 4.74 Å². The van der Waals surface area contributed by atoms with Gasteiger partial charge in [0.1, 0.15) is 0 Å². The predicted molar refractivity (Wildman–Crippen MR) is 74.8 cm³/mol. The number of thioether (sulfide) groups is 1. The molecule has 2 aliphatic rings. The van der Waals surface area contributed by atoms with E-state index in [9.17, 15) is 9.59 Å². The lowest BCUT2D eigenvalue weighted by Crippen LogP contribution is -2.45. The average Bonchev–Trinajstić information content (AvgIpc) is 2.71. The molecule has 1 fully saturated rings. The van der Waals surface area contributed by atoms with Crippen LogP contribution in [-0.2, 0) is 14.3 Å². The Hall–Kier alpha value is -1.30. The van der Waals surface area contributed by atoms with Gasteiger partial charge in [0.2, 0.25) is 5.91 Å². The number of amides is 1. The Labute approximate surface area is 117 Å². The summed E-state index contributed by atoms with van der Waals surface area (Å²) in [7, 11) is 0. The van der Waals surface area contributed by atoms with E-state index in [4.69, 9.17) is 4.74 Å². The van der Waals surface area contributed by atoms with E-state index in [0.717, 1.165) is 12.8 Å². The van der Waals surface area contributed by atoms with Crippen LogP contribution in [-0.4, -0.2) is 40.3 Å². The van der Waals surface area contributed by atoms with Crippen molar-refractivity contribution in [2.24, 2.45) is 4.99 Å². The van der Waals surface area contributed by atoms with Gasteiger partial charge in [-0.25, -0.2) is 9.79 Å². The van der Waals surface area contributed by atoms with Gasteiger partial charge in [0.05, 0.1) is 29.7 Å². The smallest absolute Gasteiger partial charge is 0.337 e. The van der Waals surface area contributed by atoms with Crippen molar-refractivity contribution in [3.8, 4) is 0 Å². The number of fused-ring (bicyclic) bond motifs is 1. The number of amidine groups is 1. The Bertz CT molecular complexity index is 471. The van der Waals surface area contributed by atoms with Crippen LogP contribution in [0.1, 0.15) is 33.6 Å². The summed E-state index contributed by atoms with van der Waals surface area (Å²) in [4.78, 5) is 30.1. The van der Waals surface area contributed by atoms with Crippen LogP contribution in [0.25, 0.3) is 0 Å². The molecule has 6 heteroatoms. The fraction of sp³-hybridized carbons (Fsp3) is 0.615.